The van der Waals surface area contributed by atoms with E-state index in [1.165, 1.54) is 6.08 Å². The number of carbonyl (C=O) groups excluding carboxylic acids is 4. The van der Waals surface area contributed by atoms with Crippen LogP contribution in [0.3, 0.4) is 0 Å². The van der Waals surface area contributed by atoms with Crippen molar-refractivity contribution in [3.63, 3.8) is 0 Å². The van der Waals surface area contributed by atoms with Crippen LogP contribution in [0.4, 0.5) is 29.3 Å². The molecule has 2 aliphatic rings. The van der Waals surface area contributed by atoms with Gasteiger partial charge in [0.25, 0.3) is 11.1 Å². The predicted octanol–water partition coefficient (Wildman–Crippen LogP) is 5.10. The van der Waals surface area contributed by atoms with Crippen LogP contribution in [-0.4, -0.2) is 45.8 Å². The van der Waals surface area contributed by atoms with Gasteiger partial charge in [-0.1, -0.05) is 18.2 Å². The second kappa shape index (κ2) is 11.2. The van der Waals surface area contributed by atoms with Gasteiger partial charge in [-0.15, -0.1) is 0 Å². The average Bonchev–Trinajstić information content (AvgIpc) is 3.66. The van der Waals surface area contributed by atoms with Crippen LogP contribution in [0.25, 0.3) is 17.0 Å². The first-order valence-corrected chi connectivity index (χ1v) is 13.5. The normalized spacial score (nSPS) is 15.0. The number of nitrogens with zero attached hydrogens (tertiary/aromatic N) is 2. The van der Waals surface area contributed by atoms with E-state index in [0.717, 1.165) is 6.07 Å². The first-order valence-electron chi connectivity index (χ1n) is 12.6. The fourth-order valence-corrected chi connectivity index (χ4v) is 5.41. The summed E-state index contributed by atoms with van der Waals surface area (Å²) < 4.78 is 52.9. The number of carbonyl (C=O) groups is 4. The molecule has 0 unspecified atom stereocenters. The Balaban J connectivity index is 1.18. The number of aromatic nitrogens is 1. The Morgan fingerprint density at radius 1 is 0.907 bits per heavy atom. The molecule has 1 aromatic heterocycles. The molecule has 218 valence electrons. The minimum Gasteiger partial charge on any atom is -0.454 e. The molecular weight excluding hydrogens is 589 g/mol. The van der Waals surface area contributed by atoms with Crippen molar-refractivity contribution in [3.8, 4) is 11.5 Å². The number of ether oxygens (including phenoxy) is 2. The highest BCUT2D eigenvalue weighted by molar-refractivity contribution is 8.18. The zero-order valence-electron chi connectivity index (χ0n) is 21.9. The molecule has 6 rings (SSSR count). The molecule has 3 heterocycles. The molecular formula is C29H19F3N4O6S. The zero-order chi connectivity index (χ0) is 30.2. The molecule has 2 aliphatic heterocycles. The van der Waals surface area contributed by atoms with E-state index in [1.807, 2.05) is 5.32 Å². The number of amides is 4. The maximum absolute atomic E-state index is 13.9. The molecule has 0 saturated carbocycles. The zero-order valence-corrected chi connectivity index (χ0v) is 22.7. The Labute approximate surface area is 245 Å². The number of rotatable bonds is 7. The van der Waals surface area contributed by atoms with E-state index in [4.69, 9.17) is 9.47 Å². The van der Waals surface area contributed by atoms with Crippen molar-refractivity contribution >= 4 is 63.1 Å². The third-order valence-corrected chi connectivity index (χ3v) is 7.47. The van der Waals surface area contributed by atoms with Crippen LogP contribution in [0.2, 0.25) is 0 Å². The number of nitrogens with one attached hydrogen (secondary N) is 2. The Morgan fingerprint density at radius 2 is 1.67 bits per heavy atom. The molecule has 43 heavy (non-hydrogen) atoms. The van der Waals surface area contributed by atoms with Gasteiger partial charge in [-0.3, -0.25) is 24.1 Å². The molecule has 0 bridgehead atoms. The Kier molecular flexibility index (Phi) is 7.27. The third kappa shape index (κ3) is 5.51. The number of halogens is 3. The number of hydrogen-bond acceptors (Lipinski definition) is 7. The summed E-state index contributed by atoms with van der Waals surface area (Å²) >= 11 is 0.600. The van der Waals surface area contributed by atoms with Crippen LogP contribution < -0.4 is 20.1 Å². The highest BCUT2D eigenvalue weighted by Crippen LogP contribution is 2.35. The summed E-state index contributed by atoms with van der Waals surface area (Å²) in [6.45, 7) is -0.734. The minimum atomic E-state index is -1.77. The summed E-state index contributed by atoms with van der Waals surface area (Å²) in [5.74, 6) is -5.78. The number of imide groups is 1. The van der Waals surface area contributed by atoms with Gasteiger partial charge in [-0.05, 0) is 48.2 Å². The quantitative estimate of drug-likeness (QED) is 0.221. The number of benzene rings is 3. The minimum absolute atomic E-state index is 0.0181. The monoisotopic (exact) mass is 608 g/mol. The van der Waals surface area contributed by atoms with Crippen LogP contribution in [0, 0.1) is 17.5 Å². The number of fused-ring (bicyclic) bond motifs is 2. The number of hydrogen-bond donors (Lipinski definition) is 2. The molecule has 0 spiro atoms. The molecule has 2 N–H and O–H groups in total. The molecule has 0 atom stereocenters. The van der Waals surface area contributed by atoms with E-state index >= 15 is 0 Å². The average molecular weight is 609 g/mol. The lowest BCUT2D eigenvalue weighted by molar-refractivity contribution is -0.127. The van der Waals surface area contributed by atoms with Crippen molar-refractivity contribution < 1.29 is 41.8 Å². The summed E-state index contributed by atoms with van der Waals surface area (Å²) in [4.78, 5) is 51.6. The number of anilines is 2. The highest BCUT2D eigenvalue weighted by atomic mass is 32.2. The van der Waals surface area contributed by atoms with E-state index in [-0.39, 0.29) is 24.2 Å². The summed E-state index contributed by atoms with van der Waals surface area (Å²) in [7, 11) is 0. The largest absolute Gasteiger partial charge is 0.454 e. The lowest BCUT2D eigenvalue weighted by Crippen LogP contribution is -2.36. The maximum atomic E-state index is 13.9. The fraction of sp³-hybridized carbons (Fsp3) is 0.103. The number of para-hydroxylation sites is 1. The van der Waals surface area contributed by atoms with E-state index in [9.17, 15) is 32.3 Å². The first kappa shape index (κ1) is 27.9. The molecule has 1 saturated heterocycles. The van der Waals surface area contributed by atoms with Gasteiger partial charge in [0.2, 0.25) is 18.6 Å². The van der Waals surface area contributed by atoms with E-state index < -0.39 is 46.7 Å². The van der Waals surface area contributed by atoms with Gasteiger partial charge in [0.05, 0.1) is 10.6 Å². The Morgan fingerprint density at radius 3 is 2.51 bits per heavy atom. The van der Waals surface area contributed by atoms with Gasteiger partial charge >= 0.3 is 0 Å². The fourth-order valence-electron chi connectivity index (χ4n) is 4.58. The molecule has 10 nitrogen and oxygen atoms in total. The summed E-state index contributed by atoms with van der Waals surface area (Å²) in [5.41, 5.74) is 1.13. The van der Waals surface area contributed by atoms with Gasteiger partial charge in [-0.2, -0.15) is 0 Å². The standard InChI is InChI=1S/C29H19F3N4O6S/c30-18-6-7-19(27(32)26(18)31)34-25(38)13-36-28(39)23(43-29(36)40)9-15-11-35(20-4-2-1-3-17(15)20)12-24(37)33-16-5-8-21-22(10-16)42-14-41-21/h1-11H,12-14H2,(H,33,37)(H,34,38)/b23-9-. The molecule has 1 fully saturated rings. The maximum Gasteiger partial charge on any atom is 0.294 e. The molecule has 4 aromatic rings. The van der Waals surface area contributed by atoms with Gasteiger partial charge in [0, 0.05) is 34.4 Å². The van der Waals surface area contributed by atoms with E-state index in [1.54, 1.807) is 53.2 Å². The van der Waals surface area contributed by atoms with Crippen LogP contribution in [0.5, 0.6) is 11.5 Å². The third-order valence-electron chi connectivity index (χ3n) is 6.56. The molecule has 3 aromatic carbocycles. The van der Waals surface area contributed by atoms with Gasteiger partial charge in [0.15, 0.2) is 29.0 Å². The Bertz CT molecular complexity index is 1870. The van der Waals surface area contributed by atoms with Crippen molar-refractivity contribution in [2.75, 3.05) is 24.0 Å². The van der Waals surface area contributed by atoms with Crippen LogP contribution in [-0.2, 0) is 20.9 Å². The molecule has 0 radical (unpaired) electrons. The SMILES string of the molecule is O=C(Cn1cc(/C=C2\SC(=O)N(CC(=O)Nc3ccc(F)c(F)c3F)C2=O)c2ccccc21)Nc1ccc2c(c1)OCO2. The molecule has 0 aliphatic carbocycles. The second-order valence-electron chi connectivity index (χ2n) is 9.38. The topological polar surface area (TPSA) is 119 Å². The van der Waals surface area contributed by atoms with Gasteiger partial charge < -0.3 is 24.7 Å². The summed E-state index contributed by atoms with van der Waals surface area (Å²) in [6, 6.07) is 13.7. The smallest absolute Gasteiger partial charge is 0.294 e. The van der Waals surface area contributed by atoms with Crippen molar-refractivity contribution in [1.82, 2.24) is 9.47 Å². The highest BCUT2D eigenvalue weighted by Gasteiger charge is 2.36. The lowest BCUT2D eigenvalue weighted by Gasteiger charge is -2.13. The van der Waals surface area contributed by atoms with Crippen molar-refractivity contribution in [3.05, 3.63) is 88.7 Å². The van der Waals surface area contributed by atoms with E-state index in [2.05, 4.69) is 5.32 Å². The van der Waals surface area contributed by atoms with Crippen LogP contribution in [0.1, 0.15) is 5.56 Å². The predicted molar refractivity (Wildman–Crippen MR) is 151 cm³/mol. The second-order valence-corrected chi connectivity index (χ2v) is 10.4. The lowest BCUT2D eigenvalue weighted by atomic mass is 10.1. The van der Waals surface area contributed by atoms with Gasteiger partial charge in [-0.25, -0.2) is 13.2 Å². The number of thioether (sulfide) groups is 1. The van der Waals surface area contributed by atoms with Crippen molar-refractivity contribution in [2.45, 2.75) is 6.54 Å². The van der Waals surface area contributed by atoms with Crippen LogP contribution in [0.15, 0.2) is 65.7 Å². The summed E-state index contributed by atoms with van der Waals surface area (Å²) in [5, 5.41) is 4.80. The summed E-state index contributed by atoms with van der Waals surface area (Å²) in [6.07, 6.45) is 3.14. The van der Waals surface area contributed by atoms with E-state index in [0.29, 0.717) is 56.4 Å². The Hall–Kier alpha value is -5.24. The van der Waals surface area contributed by atoms with Crippen molar-refractivity contribution in [1.29, 1.82) is 0 Å². The molecule has 4 amide bonds. The van der Waals surface area contributed by atoms with Crippen molar-refractivity contribution in [2.24, 2.45) is 0 Å². The van der Waals surface area contributed by atoms with Crippen LogP contribution >= 0.6 is 11.8 Å². The van der Waals surface area contributed by atoms with Gasteiger partial charge in [0.1, 0.15) is 13.1 Å². The first-order chi connectivity index (χ1) is 20.7. The molecule has 14 heteroatoms.